The van der Waals surface area contributed by atoms with E-state index in [-0.39, 0.29) is 5.56 Å². The van der Waals surface area contributed by atoms with Crippen molar-refractivity contribution in [2.75, 3.05) is 33.5 Å². The number of methoxy groups -OCH3 is 1. The van der Waals surface area contributed by atoms with Gasteiger partial charge < -0.3 is 19.2 Å². The summed E-state index contributed by atoms with van der Waals surface area (Å²) in [5.74, 6) is 0.309. The van der Waals surface area contributed by atoms with E-state index in [9.17, 15) is 4.79 Å². The van der Waals surface area contributed by atoms with Crippen LogP contribution in [0.1, 0.15) is 6.42 Å². The first kappa shape index (κ1) is 12.7. The lowest BCUT2D eigenvalue weighted by atomic mass is 10.5. The topological polar surface area (TPSA) is 73.4 Å². The van der Waals surface area contributed by atoms with E-state index in [1.165, 1.54) is 12.4 Å². The predicted molar refractivity (Wildman–Crippen MR) is 57.7 cm³/mol. The minimum Gasteiger partial charge on any atom is -0.475 e. The molecule has 1 rings (SSSR count). The zero-order valence-electron chi connectivity index (χ0n) is 9.27. The third-order valence-electron chi connectivity index (χ3n) is 1.77. The smallest absolute Gasteiger partial charge is 0.254 e. The average Bonchev–Trinajstić information content (AvgIpc) is 2.28. The van der Waals surface area contributed by atoms with Crippen molar-refractivity contribution in [2.24, 2.45) is 0 Å². The molecular weight excluding hydrogens is 212 g/mol. The Morgan fingerprint density at radius 3 is 2.94 bits per heavy atom. The highest BCUT2D eigenvalue weighted by Crippen LogP contribution is 1.97. The molecule has 0 saturated carbocycles. The molecule has 0 aliphatic carbocycles. The minimum absolute atomic E-state index is 0.231. The lowest BCUT2D eigenvalue weighted by Gasteiger charge is -2.05. The van der Waals surface area contributed by atoms with Crippen LogP contribution in [-0.4, -0.2) is 43.5 Å². The van der Waals surface area contributed by atoms with Crippen LogP contribution in [0.2, 0.25) is 0 Å². The van der Waals surface area contributed by atoms with Crippen molar-refractivity contribution in [2.45, 2.75) is 6.42 Å². The summed E-state index contributed by atoms with van der Waals surface area (Å²) >= 11 is 0. The van der Waals surface area contributed by atoms with E-state index in [1.807, 2.05) is 0 Å². The second-order valence-corrected chi connectivity index (χ2v) is 3.06. The van der Waals surface area contributed by atoms with E-state index in [4.69, 9.17) is 14.2 Å². The molecule has 1 N–H and O–H groups in total. The Morgan fingerprint density at radius 1 is 1.31 bits per heavy atom. The number of H-pyrrole nitrogens is 1. The first-order valence-corrected chi connectivity index (χ1v) is 5.07. The predicted octanol–water partition coefficient (Wildman–Crippen LogP) is 0.202. The summed E-state index contributed by atoms with van der Waals surface area (Å²) in [7, 11) is 1.65. The highest BCUT2D eigenvalue weighted by Gasteiger charge is 1.95. The molecule has 1 aromatic heterocycles. The van der Waals surface area contributed by atoms with Crippen LogP contribution in [0.25, 0.3) is 0 Å². The Hall–Kier alpha value is -1.40. The SMILES string of the molecule is COCCCOCCOc1cc(=O)[nH]cn1. The summed E-state index contributed by atoms with van der Waals surface area (Å²) < 4.78 is 15.3. The van der Waals surface area contributed by atoms with E-state index in [0.717, 1.165) is 6.42 Å². The third-order valence-corrected chi connectivity index (χ3v) is 1.77. The second kappa shape index (κ2) is 7.84. The summed E-state index contributed by atoms with van der Waals surface area (Å²) in [6.45, 7) is 2.18. The highest BCUT2D eigenvalue weighted by molar-refractivity contribution is 5.04. The lowest BCUT2D eigenvalue weighted by molar-refractivity contribution is 0.0795. The summed E-state index contributed by atoms with van der Waals surface area (Å²) in [5, 5.41) is 0. The largest absolute Gasteiger partial charge is 0.475 e. The van der Waals surface area contributed by atoms with Gasteiger partial charge in [-0.2, -0.15) is 0 Å². The molecule has 1 heterocycles. The Balaban J connectivity index is 2.05. The summed E-state index contributed by atoms with van der Waals surface area (Å²) in [6.07, 6.45) is 2.16. The number of aromatic amines is 1. The van der Waals surface area contributed by atoms with Gasteiger partial charge in [-0.05, 0) is 6.42 Å². The van der Waals surface area contributed by atoms with Crippen molar-refractivity contribution in [3.63, 3.8) is 0 Å². The molecule has 0 fully saturated rings. The van der Waals surface area contributed by atoms with Gasteiger partial charge in [-0.15, -0.1) is 0 Å². The van der Waals surface area contributed by atoms with Gasteiger partial charge in [-0.1, -0.05) is 0 Å². The number of hydrogen-bond donors (Lipinski definition) is 1. The van der Waals surface area contributed by atoms with Crippen molar-refractivity contribution in [1.29, 1.82) is 0 Å². The number of nitrogens with zero attached hydrogens (tertiary/aromatic N) is 1. The Bertz CT molecular complexity index is 340. The van der Waals surface area contributed by atoms with Gasteiger partial charge in [0, 0.05) is 20.3 Å². The zero-order valence-corrected chi connectivity index (χ0v) is 9.27. The van der Waals surface area contributed by atoms with E-state index >= 15 is 0 Å². The van der Waals surface area contributed by atoms with Crippen LogP contribution in [0.4, 0.5) is 0 Å². The van der Waals surface area contributed by atoms with Gasteiger partial charge in [-0.25, -0.2) is 4.98 Å². The molecule has 0 aliphatic rings. The van der Waals surface area contributed by atoms with Gasteiger partial charge >= 0.3 is 0 Å². The monoisotopic (exact) mass is 228 g/mol. The molecule has 0 bridgehead atoms. The summed E-state index contributed by atoms with van der Waals surface area (Å²) in [4.78, 5) is 17.1. The van der Waals surface area contributed by atoms with E-state index in [0.29, 0.717) is 32.3 Å². The molecular formula is C10H16N2O4. The first-order chi connectivity index (χ1) is 7.83. The number of rotatable bonds is 8. The van der Waals surface area contributed by atoms with Gasteiger partial charge in [0.05, 0.1) is 19.0 Å². The molecule has 1 aromatic rings. The van der Waals surface area contributed by atoms with Crippen LogP contribution >= 0.6 is 0 Å². The van der Waals surface area contributed by atoms with Crippen molar-refractivity contribution in [3.8, 4) is 5.88 Å². The van der Waals surface area contributed by atoms with Crippen molar-refractivity contribution in [1.82, 2.24) is 9.97 Å². The standard InChI is InChI=1S/C10H16N2O4/c1-14-3-2-4-15-5-6-16-10-7-9(13)11-8-12-10/h7-8H,2-6H2,1H3,(H,11,12,13). The van der Waals surface area contributed by atoms with Crippen molar-refractivity contribution < 1.29 is 14.2 Å². The number of ether oxygens (including phenoxy) is 3. The maximum absolute atomic E-state index is 10.9. The van der Waals surface area contributed by atoms with Gasteiger partial charge in [0.25, 0.3) is 5.56 Å². The zero-order chi connectivity index (χ0) is 11.6. The van der Waals surface area contributed by atoms with Gasteiger partial charge in [-0.3, -0.25) is 4.79 Å². The Labute approximate surface area is 93.6 Å². The fraction of sp³-hybridized carbons (Fsp3) is 0.600. The van der Waals surface area contributed by atoms with Crippen molar-refractivity contribution in [3.05, 3.63) is 22.7 Å². The third kappa shape index (κ3) is 5.47. The van der Waals surface area contributed by atoms with Crippen LogP contribution in [0.15, 0.2) is 17.2 Å². The first-order valence-electron chi connectivity index (χ1n) is 5.07. The molecule has 0 unspecified atom stereocenters. The molecule has 0 spiro atoms. The van der Waals surface area contributed by atoms with Crippen LogP contribution in [0.5, 0.6) is 5.88 Å². The quantitative estimate of drug-likeness (QED) is 0.643. The Morgan fingerprint density at radius 2 is 2.19 bits per heavy atom. The van der Waals surface area contributed by atoms with E-state index in [1.54, 1.807) is 7.11 Å². The summed E-state index contributed by atoms with van der Waals surface area (Å²) in [5.41, 5.74) is -0.231. The normalized spacial score (nSPS) is 10.3. The molecule has 0 radical (unpaired) electrons. The number of hydrogen-bond acceptors (Lipinski definition) is 5. The molecule has 0 aliphatic heterocycles. The lowest BCUT2D eigenvalue weighted by Crippen LogP contribution is -2.11. The molecule has 0 amide bonds. The molecule has 16 heavy (non-hydrogen) atoms. The van der Waals surface area contributed by atoms with Crippen LogP contribution < -0.4 is 10.3 Å². The minimum atomic E-state index is -0.231. The maximum atomic E-state index is 10.9. The number of aromatic nitrogens is 2. The van der Waals surface area contributed by atoms with Crippen LogP contribution in [-0.2, 0) is 9.47 Å². The molecule has 90 valence electrons. The van der Waals surface area contributed by atoms with Crippen LogP contribution in [0.3, 0.4) is 0 Å². The molecule has 0 saturated heterocycles. The van der Waals surface area contributed by atoms with E-state index < -0.39 is 0 Å². The van der Waals surface area contributed by atoms with Gasteiger partial charge in [0.2, 0.25) is 5.88 Å². The number of nitrogens with one attached hydrogen (secondary N) is 1. The van der Waals surface area contributed by atoms with Crippen LogP contribution in [0, 0.1) is 0 Å². The molecule has 0 atom stereocenters. The van der Waals surface area contributed by atoms with Gasteiger partial charge in [0.15, 0.2) is 0 Å². The fourth-order valence-corrected chi connectivity index (χ4v) is 1.04. The maximum Gasteiger partial charge on any atom is 0.254 e. The molecule has 0 aromatic carbocycles. The van der Waals surface area contributed by atoms with Crippen molar-refractivity contribution >= 4 is 0 Å². The fourth-order valence-electron chi connectivity index (χ4n) is 1.04. The highest BCUT2D eigenvalue weighted by atomic mass is 16.5. The Kier molecular flexibility index (Phi) is 6.20. The van der Waals surface area contributed by atoms with Gasteiger partial charge in [0.1, 0.15) is 6.61 Å². The second-order valence-electron chi connectivity index (χ2n) is 3.06. The summed E-state index contributed by atoms with van der Waals surface area (Å²) in [6, 6.07) is 1.30. The molecule has 6 heteroatoms. The molecule has 6 nitrogen and oxygen atoms in total. The average molecular weight is 228 g/mol. The van der Waals surface area contributed by atoms with E-state index in [2.05, 4.69) is 9.97 Å².